The van der Waals surface area contributed by atoms with Gasteiger partial charge in [-0.1, -0.05) is 0 Å². The predicted molar refractivity (Wildman–Crippen MR) is 68.7 cm³/mol. The molecule has 1 aliphatic heterocycles. The third kappa shape index (κ3) is 6.19. The number of carbonyl (C=O) groups is 2. The minimum atomic E-state index is -4.43. The Bertz CT molecular complexity index is 376. The molecule has 6 nitrogen and oxygen atoms in total. The Hall–Kier alpha value is -1.51. The molecule has 1 aliphatic rings. The molecule has 2 atom stereocenters. The fourth-order valence-corrected chi connectivity index (χ4v) is 1.96. The van der Waals surface area contributed by atoms with Crippen LogP contribution in [0.1, 0.15) is 19.8 Å². The molecule has 0 aromatic carbocycles. The minimum absolute atomic E-state index is 0.00992. The molecule has 0 spiro atoms. The predicted octanol–water partition coefficient (Wildman–Crippen LogP) is 0.874. The lowest BCUT2D eigenvalue weighted by molar-refractivity contribution is -0.157. The van der Waals surface area contributed by atoms with Gasteiger partial charge in [-0.05, 0) is 19.8 Å². The highest BCUT2D eigenvalue weighted by molar-refractivity contribution is 5.88. The molecule has 122 valence electrons. The molecule has 2 N–H and O–H groups in total. The number of alkyl halides is 3. The van der Waals surface area contributed by atoms with Crippen molar-refractivity contribution in [1.82, 2.24) is 15.5 Å². The van der Waals surface area contributed by atoms with Crippen molar-refractivity contribution in [2.75, 3.05) is 26.7 Å². The molecular weight excluding hydrogens is 291 g/mol. The minimum Gasteiger partial charge on any atom is -0.382 e. The number of halogens is 3. The molecule has 0 radical (unpaired) electrons. The summed E-state index contributed by atoms with van der Waals surface area (Å²) in [6.45, 7) is 0.907. The van der Waals surface area contributed by atoms with Gasteiger partial charge >= 0.3 is 12.2 Å². The number of likely N-dealkylation sites (tertiary alicyclic amines) is 1. The van der Waals surface area contributed by atoms with Crippen molar-refractivity contribution in [2.45, 2.75) is 38.1 Å². The molecule has 1 saturated heterocycles. The van der Waals surface area contributed by atoms with E-state index >= 15 is 0 Å². The maximum Gasteiger partial charge on any atom is 0.406 e. The van der Waals surface area contributed by atoms with Crippen molar-refractivity contribution in [3.05, 3.63) is 0 Å². The summed E-state index contributed by atoms with van der Waals surface area (Å²) < 4.78 is 41.7. The van der Waals surface area contributed by atoms with Crippen molar-refractivity contribution in [2.24, 2.45) is 0 Å². The van der Waals surface area contributed by atoms with Crippen molar-refractivity contribution < 1.29 is 27.5 Å². The van der Waals surface area contributed by atoms with E-state index < -0.39 is 30.7 Å². The van der Waals surface area contributed by atoms with Crippen LogP contribution in [0.2, 0.25) is 0 Å². The Kier molecular flexibility index (Phi) is 6.25. The number of nitrogens with one attached hydrogen (secondary N) is 2. The topological polar surface area (TPSA) is 70.7 Å². The molecule has 3 amide bonds. The van der Waals surface area contributed by atoms with Gasteiger partial charge in [0.05, 0.1) is 6.10 Å². The molecule has 0 aromatic rings. The molecule has 1 rings (SSSR count). The highest BCUT2D eigenvalue weighted by Gasteiger charge is 2.39. The third-order valence-electron chi connectivity index (χ3n) is 3.21. The number of carbonyl (C=O) groups excluding carboxylic acids is 2. The van der Waals surface area contributed by atoms with Gasteiger partial charge in [0.2, 0.25) is 5.91 Å². The highest BCUT2D eigenvalue weighted by Crippen LogP contribution is 2.20. The molecule has 21 heavy (non-hydrogen) atoms. The summed E-state index contributed by atoms with van der Waals surface area (Å²) in [6.07, 6.45) is -3.66. The second kappa shape index (κ2) is 7.48. The van der Waals surface area contributed by atoms with Gasteiger partial charge in [0.25, 0.3) is 0 Å². The van der Waals surface area contributed by atoms with Crippen LogP contribution >= 0.6 is 0 Å². The first-order valence-corrected chi connectivity index (χ1v) is 6.65. The van der Waals surface area contributed by atoms with Gasteiger partial charge in [-0.25, -0.2) is 4.79 Å². The van der Waals surface area contributed by atoms with Gasteiger partial charge in [-0.2, -0.15) is 13.2 Å². The number of hydrogen-bond donors (Lipinski definition) is 2. The average molecular weight is 311 g/mol. The van der Waals surface area contributed by atoms with E-state index in [0.717, 1.165) is 0 Å². The van der Waals surface area contributed by atoms with Gasteiger partial charge in [0, 0.05) is 20.2 Å². The molecule has 0 bridgehead atoms. The first-order valence-electron chi connectivity index (χ1n) is 6.65. The average Bonchev–Trinajstić information content (AvgIpc) is 2.69. The Labute approximate surface area is 121 Å². The molecule has 1 fully saturated rings. The summed E-state index contributed by atoms with van der Waals surface area (Å²) in [5, 5.41) is 4.92. The highest BCUT2D eigenvalue weighted by atomic mass is 19.4. The summed E-state index contributed by atoms with van der Waals surface area (Å²) >= 11 is 0. The van der Waals surface area contributed by atoms with Crippen LogP contribution in [0.5, 0.6) is 0 Å². The summed E-state index contributed by atoms with van der Waals surface area (Å²) in [7, 11) is 1.55. The van der Waals surface area contributed by atoms with Gasteiger partial charge < -0.3 is 20.3 Å². The zero-order valence-electron chi connectivity index (χ0n) is 12.0. The lowest BCUT2D eigenvalue weighted by Crippen LogP contribution is -2.47. The number of urea groups is 1. The zero-order valence-corrected chi connectivity index (χ0v) is 12.0. The fraction of sp³-hybridized carbons (Fsp3) is 0.833. The van der Waals surface area contributed by atoms with Crippen molar-refractivity contribution >= 4 is 11.9 Å². The van der Waals surface area contributed by atoms with E-state index in [2.05, 4.69) is 10.6 Å². The Morgan fingerprint density at radius 1 is 1.52 bits per heavy atom. The maximum atomic E-state index is 12.2. The number of ether oxygens (including phenoxy) is 1. The van der Waals surface area contributed by atoms with Crippen LogP contribution in [0.15, 0.2) is 0 Å². The SMILES string of the molecule is CO[C@@H](C)CCNC(=O)N[C@H]1CCN(CC(F)(F)F)C1=O. The molecule has 0 unspecified atom stereocenters. The molecule has 0 aliphatic carbocycles. The smallest absolute Gasteiger partial charge is 0.382 e. The Morgan fingerprint density at radius 2 is 2.19 bits per heavy atom. The quantitative estimate of drug-likeness (QED) is 0.765. The molecule has 0 aromatic heterocycles. The van der Waals surface area contributed by atoms with Gasteiger partial charge in [-0.3, -0.25) is 4.79 Å². The summed E-state index contributed by atoms with van der Waals surface area (Å²) in [5.74, 6) is -0.701. The lowest BCUT2D eigenvalue weighted by atomic mass is 10.2. The molecule has 1 heterocycles. The monoisotopic (exact) mass is 311 g/mol. The number of methoxy groups -OCH3 is 1. The first kappa shape index (κ1) is 17.5. The van der Waals surface area contributed by atoms with Gasteiger partial charge in [0.15, 0.2) is 0 Å². The van der Waals surface area contributed by atoms with E-state index in [4.69, 9.17) is 4.74 Å². The standard InChI is InChI=1S/C12H20F3N3O3/c1-8(21-2)3-5-16-11(20)17-9-4-6-18(10(9)19)7-12(13,14)15/h8-9H,3-7H2,1-2H3,(H2,16,17,20)/t8-,9-/m0/s1. The van der Waals surface area contributed by atoms with Crippen molar-refractivity contribution in [3.8, 4) is 0 Å². The number of rotatable bonds is 6. The molecular formula is C12H20F3N3O3. The Balaban J connectivity index is 2.32. The van der Waals surface area contributed by atoms with E-state index in [9.17, 15) is 22.8 Å². The van der Waals surface area contributed by atoms with Crippen LogP contribution in [0.25, 0.3) is 0 Å². The third-order valence-corrected chi connectivity index (χ3v) is 3.21. The van der Waals surface area contributed by atoms with Crippen LogP contribution in [0, 0.1) is 0 Å². The molecule has 9 heteroatoms. The van der Waals surface area contributed by atoms with E-state index in [1.165, 1.54) is 0 Å². The largest absolute Gasteiger partial charge is 0.406 e. The molecule has 0 saturated carbocycles. The van der Waals surface area contributed by atoms with Gasteiger partial charge in [0.1, 0.15) is 12.6 Å². The van der Waals surface area contributed by atoms with E-state index in [0.29, 0.717) is 17.9 Å². The summed E-state index contributed by atoms with van der Waals surface area (Å²) in [6, 6.07) is -1.46. The fourth-order valence-electron chi connectivity index (χ4n) is 1.96. The van der Waals surface area contributed by atoms with E-state index in [-0.39, 0.29) is 19.1 Å². The van der Waals surface area contributed by atoms with E-state index in [1.807, 2.05) is 6.92 Å². The lowest BCUT2D eigenvalue weighted by Gasteiger charge is -2.19. The second-order valence-electron chi connectivity index (χ2n) is 4.95. The number of nitrogens with zero attached hydrogens (tertiary/aromatic N) is 1. The number of hydrogen-bond acceptors (Lipinski definition) is 3. The summed E-state index contributed by atoms with van der Waals surface area (Å²) in [4.78, 5) is 24.0. The first-order chi connectivity index (χ1) is 9.73. The van der Waals surface area contributed by atoms with Crippen LogP contribution in [0.4, 0.5) is 18.0 Å². The Morgan fingerprint density at radius 3 is 2.76 bits per heavy atom. The normalized spacial score (nSPS) is 20.5. The maximum absolute atomic E-state index is 12.2. The zero-order chi connectivity index (χ0) is 16.0. The van der Waals surface area contributed by atoms with Crippen LogP contribution < -0.4 is 10.6 Å². The van der Waals surface area contributed by atoms with E-state index in [1.54, 1.807) is 7.11 Å². The van der Waals surface area contributed by atoms with Crippen LogP contribution in [-0.4, -0.2) is 61.9 Å². The van der Waals surface area contributed by atoms with Crippen LogP contribution in [-0.2, 0) is 9.53 Å². The second-order valence-corrected chi connectivity index (χ2v) is 4.95. The summed E-state index contributed by atoms with van der Waals surface area (Å²) in [5.41, 5.74) is 0. The van der Waals surface area contributed by atoms with Gasteiger partial charge in [-0.15, -0.1) is 0 Å². The van der Waals surface area contributed by atoms with Crippen molar-refractivity contribution in [1.29, 1.82) is 0 Å². The number of amides is 3. The van der Waals surface area contributed by atoms with Crippen molar-refractivity contribution in [3.63, 3.8) is 0 Å². The van der Waals surface area contributed by atoms with Crippen LogP contribution in [0.3, 0.4) is 0 Å².